The van der Waals surface area contributed by atoms with Crippen LogP contribution in [-0.4, -0.2) is 29.5 Å². The monoisotopic (exact) mass is 345 g/mol. The SMILES string of the molecule is C[C@@H]1OCC[C@](C)(NCc2ccc(-c3ccc(Cl)cc3)cc2)[C@@H]1O. The third kappa shape index (κ3) is 3.81. The minimum Gasteiger partial charge on any atom is -0.389 e. The Balaban J connectivity index is 1.65. The molecule has 2 aromatic carbocycles. The summed E-state index contributed by atoms with van der Waals surface area (Å²) in [6.45, 7) is 5.39. The Morgan fingerprint density at radius 1 is 1.12 bits per heavy atom. The van der Waals surface area contributed by atoms with Crippen molar-refractivity contribution in [3.8, 4) is 11.1 Å². The Morgan fingerprint density at radius 2 is 1.71 bits per heavy atom. The predicted octanol–water partition coefficient (Wildman–Crippen LogP) is 4.03. The molecular formula is C20H24ClNO2. The maximum absolute atomic E-state index is 10.4. The Bertz CT molecular complexity index is 671. The van der Waals surface area contributed by atoms with E-state index in [1.807, 2.05) is 31.2 Å². The third-order valence-corrected chi connectivity index (χ3v) is 5.18. The molecule has 1 fully saturated rings. The minimum absolute atomic E-state index is 0.136. The van der Waals surface area contributed by atoms with Crippen LogP contribution in [0.15, 0.2) is 48.5 Å². The van der Waals surface area contributed by atoms with Crippen molar-refractivity contribution < 1.29 is 9.84 Å². The van der Waals surface area contributed by atoms with Crippen LogP contribution in [0.4, 0.5) is 0 Å². The Hall–Kier alpha value is -1.39. The van der Waals surface area contributed by atoms with Crippen LogP contribution in [0.5, 0.6) is 0 Å². The van der Waals surface area contributed by atoms with E-state index in [1.165, 1.54) is 11.1 Å². The highest BCUT2D eigenvalue weighted by molar-refractivity contribution is 6.30. The fourth-order valence-electron chi connectivity index (χ4n) is 3.17. The van der Waals surface area contributed by atoms with Gasteiger partial charge < -0.3 is 15.2 Å². The molecule has 0 aliphatic carbocycles. The zero-order chi connectivity index (χ0) is 17.2. The van der Waals surface area contributed by atoms with E-state index >= 15 is 0 Å². The molecule has 3 nitrogen and oxygen atoms in total. The summed E-state index contributed by atoms with van der Waals surface area (Å²) in [6.07, 6.45) is 0.171. The first-order chi connectivity index (χ1) is 11.5. The second-order valence-electron chi connectivity index (χ2n) is 6.75. The molecule has 1 aliphatic heterocycles. The summed E-state index contributed by atoms with van der Waals surface area (Å²) in [6, 6.07) is 16.3. The van der Waals surface area contributed by atoms with Gasteiger partial charge in [0, 0.05) is 23.7 Å². The molecule has 4 heteroatoms. The van der Waals surface area contributed by atoms with Crippen molar-refractivity contribution in [3.63, 3.8) is 0 Å². The molecule has 2 N–H and O–H groups in total. The van der Waals surface area contributed by atoms with E-state index < -0.39 is 6.10 Å². The zero-order valence-corrected chi connectivity index (χ0v) is 14.9. The lowest BCUT2D eigenvalue weighted by Gasteiger charge is -2.42. The van der Waals surface area contributed by atoms with Gasteiger partial charge in [0.2, 0.25) is 0 Å². The third-order valence-electron chi connectivity index (χ3n) is 4.93. The number of aliphatic hydroxyl groups excluding tert-OH is 1. The number of halogens is 1. The van der Waals surface area contributed by atoms with Crippen LogP contribution < -0.4 is 5.32 Å². The van der Waals surface area contributed by atoms with Crippen LogP contribution >= 0.6 is 11.6 Å². The van der Waals surface area contributed by atoms with Gasteiger partial charge in [-0.3, -0.25) is 0 Å². The maximum atomic E-state index is 10.4. The van der Waals surface area contributed by atoms with Crippen molar-refractivity contribution in [2.75, 3.05) is 6.61 Å². The molecule has 128 valence electrons. The molecule has 0 amide bonds. The molecule has 0 aromatic heterocycles. The van der Waals surface area contributed by atoms with Gasteiger partial charge in [0.25, 0.3) is 0 Å². The predicted molar refractivity (Wildman–Crippen MR) is 98.2 cm³/mol. The maximum Gasteiger partial charge on any atom is 0.0978 e. The van der Waals surface area contributed by atoms with E-state index in [0.29, 0.717) is 6.61 Å². The van der Waals surface area contributed by atoms with Crippen LogP contribution in [0.2, 0.25) is 5.02 Å². The van der Waals surface area contributed by atoms with Gasteiger partial charge >= 0.3 is 0 Å². The van der Waals surface area contributed by atoms with Crippen molar-refractivity contribution in [1.29, 1.82) is 0 Å². The number of ether oxygens (including phenoxy) is 1. The van der Waals surface area contributed by atoms with E-state index in [-0.39, 0.29) is 11.6 Å². The van der Waals surface area contributed by atoms with Crippen LogP contribution in [0.3, 0.4) is 0 Å². The quantitative estimate of drug-likeness (QED) is 0.879. The largest absolute Gasteiger partial charge is 0.389 e. The second kappa shape index (κ2) is 7.24. The molecule has 1 saturated heterocycles. The normalized spacial score (nSPS) is 27.2. The van der Waals surface area contributed by atoms with Crippen molar-refractivity contribution in [3.05, 3.63) is 59.1 Å². The summed E-state index contributed by atoms with van der Waals surface area (Å²) in [5.41, 5.74) is 3.20. The van der Waals surface area contributed by atoms with Gasteiger partial charge in [-0.1, -0.05) is 48.0 Å². The molecule has 0 radical (unpaired) electrons. The van der Waals surface area contributed by atoms with Crippen molar-refractivity contribution in [2.24, 2.45) is 0 Å². The number of aliphatic hydroxyl groups is 1. The van der Waals surface area contributed by atoms with Crippen LogP contribution in [0, 0.1) is 0 Å². The smallest absolute Gasteiger partial charge is 0.0978 e. The van der Waals surface area contributed by atoms with E-state index in [0.717, 1.165) is 23.6 Å². The van der Waals surface area contributed by atoms with E-state index in [4.69, 9.17) is 16.3 Å². The summed E-state index contributed by atoms with van der Waals surface area (Å²) in [5.74, 6) is 0. The lowest BCUT2D eigenvalue weighted by atomic mass is 9.85. The Labute approximate surface area is 148 Å². The standard InChI is InChI=1S/C20H24ClNO2/c1-14-19(23)20(2,11-12-24-14)22-13-15-3-5-16(6-4-15)17-7-9-18(21)10-8-17/h3-10,14,19,22-23H,11-13H2,1-2H3/t14-,19+,20-/m0/s1. The summed E-state index contributed by atoms with van der Waals surface area (Å²) in [4.78, 5) is 0. The summed E-state index contributed by atoms with van der Waals surface area (Å²) in [5, 5.41) is 14.7. The highest BCUT2D eigenvalue weighted by Gasteiger charge is 2.39. The average molecular weight is 346 g/mol. The molecule has 0 saturated carbocycles. The molecule has 1 aliphatic rings. The first-order valence-electron chi connectivity index (χ1n) is 8.37. The number of rotatable bonds is 4. The number of hydrogen-bond acceptors (Lipinski definition) is 3. The van der Waals surface area contributed by atoms with Gasteiger partial charge in [-0.25, -0.2) is 0 Å². The number of nitrogens with one attached hydrogen (secondary N) is 1. The van der Waals surface area contributed by atoms with E-state index in [9.17, 15) is 5.11 Å². The number of benzene rings is 2. The van der Waals surface area contributed by atoms with Gasteiger partial charge in [0.1, 0.15) is 0 Å². The minimum atomic E-state index is -0.500. The van der Waals surface area contributed by atoms with Gasteiger partial charge in [0.05, 0.1) is 12.2 Å². The first-order valence-corrected chi connectivity index (χ1v) is 8.75. The molecule has 24 heavy (non-hydrogen) atoms. The average Bonchev–Trinajstić information content (AvgIpc) is 2.59. The van der Waals surface area contributed by atoms with Crippen LogP contribution in [0.1, 0.15) is 25.8 Å². The molecule has 1 heterocycles. The molecule has 0 unspecified atom stereocenters. The van der Waals surface area contributed by atoms with Crippen molar-refractivity contribution >= 4 is 11.6 Å². The molecule has 3 rings (SSSR count). The summed E-state index contributed by atoms with van der Waals surface area (Å²) >= 11 is 5.94. The molecule has 0 bridgehead atoms. The summed E-state index contributed by atoms with van der Waals surface area (Å²) < 4.78 is 5.51. The Kier molecular flexibility index (Phi) is 5.26. The molecule has 0 spiro atoms. The van der Waals surface area contributed by atoms with Gasteiger partial charge in [-0.05, 0) is 49.1 Å². The first kappa shape index (κ1) is 17.4. The van der Waals surface area contributed by atoms with Crippen molar-refractivity contribution in [2.45, 2.75) is 44.6 Å². The second-order valence-corrected chi connectivity index (χ2v) is 7.18. The van der Waals surface area contributed by atoms with Crippen LogP contribution in [0.25, 0.3) is 11.1 Å². The fraction of sp³-hybridized carbons (Fsp3) is 0.400. The van der Waals surface area contributed by atoms with Gasteiger partial charge in [0.15, 0.2) is 0 Å². The molecule has 2 aromatic rings. The highest BCUT2D eigenvalue weighted by atomic mass is 35.5. The zero-order valence-electron chi connectivity index (χ0n) is 14.1. The van der Waals surface area contributed by atoms with E-state index in [2.05, 4.69) is 36.5 Å². The number of hydrogen-bond donors (Lipinski definition) is 2. The molecular weight excluding hydrogens is 322 g/mol. The van der Waals surface area contributed by atoms with Crippen molar-refractivity contribution in [1.82, 2.24) is 5.32 Å². The van der Waals surface area contributed by atoms with Gasteiger partial charge in [-0.2, -0.15) is 0 Å². The summed E-state index contributed by atoms with van der Waals surface area (Å²) in [7, 11) is 0. The van der Waals surface area contributed by atoms with Crippen LogP contribution in [-0.2, 0) is 11.3 Å². The lowest BCUT2D eigenvalue weighted by molar-refractivity contribution is -0.112. The van der Waals surface area contributed by atoms with Gasteiger partial charge in [-0.15, -0.1) is 0 Å². The fourth-order valence-corrected chi connectivity index (χ4v) is 3.29. The Morgan fingerprint density at radius 3 is 2.33 bits per heavy atom. The lowest BCUT2D eigenvalue weighted by Crippen LogP contribution is -2.59. The highest BCUT2D eigenvalue weighted by Crippen LogP contribution is 2.26. The van der Waals surface area contributed by atoms with E-state index in [1.54, 1.807) is 0 Å². The molecule has 3 atom stereocenters. The topological polar surface area (TPSA) is 41.5 Å².